The summed E-state index contributed by atoms with van der Waals surface area (Å²) < 4.78 is 5.10. The van der Waals surface area contributed by atoms with E-state index in [4.69, 9.17) is 4.74 Å². The Kier molecular flexibility index (Phi) is 6.36. The molecule has 7 nitrogen and oxygen atoms in total. The summed E-state index contributed by atoms with van der Waals surface area (Å²) in [5, 5.41) is 2.87. The Morgan fingerprint density at radius 1 is 1.44 bits per heavy atom. The summed E-state index contributed by atoms with van der Waals surface area (Å²) in [6, 6.07) is 7.69. The van der Waals surface area contributed by atoms with Gasteiger partial charge in [-0.1, -0.05) is 23.8 Å². The number of amides is 1. The number of ether oxygens (including phenoxy) is 1. The Balaban J connectivity index is 1.58. The molecule has 1 aliphatic rings. The summed E-state index contributed by atoms with van der Waals surface area (Å²) in [6.45, 7) is 6.10. The number of nitrogens with one attached hydrogen (secondary N) is 2. The van der Waals surface area contributed by atoms with E-state index in [2.05, 4.69) is 20.2 Å². The number of aromatic amines is 1. The summed E-state index contributed by atoms with van der Waals surface area (Å²) in [5.41, 5.74) is 1.52. The van der Waals surface area contributed by atoms with Gasteiger partial charge in [-0.2, -0.15) is 0 Å². The van der Waals surface area contributed by atoms with Crippen LogP contribution < -0.4 is 10.9 Å². The summed E-state index contributed by atoms with van der Waals surface area (Å²) in [5.74, 6) is 0.476. The fraction of sp³-hybridized carbons (Fsp3) is 0.450. The average Bonchev–Trinajstić information content (AvgIpc) is 3.12. The molecule has 3 rings (SSSR count). The molecule has 1 atom stereocenters. The van der Waals surface area contributed by atoms with E-state index >= 15 is 0 Å². The van der Waals surface area contributed by atoms with Crippen molar-refractivity contribution in [1.29, 1.82) is 0 Å². The molecule has 0 radical (unpaired) electrons. The topological polar surface area (TPSA) is 87.3 Å². The molecule has 2 N–H and O–H groups in total. The molecule has 1 amide bonds. The van der Waals surface area contributed by atoms with Gasteiger partial charge in [0.15, 0.2) is 0 Å². The molecule has 1 aliphatic heterocycles. The number of hydrogen-bond donors (Lipinski definition) is 2. The zero-order valence-corrected chi connectivity index (χ0v) is 15.8. The SMILES string of the molecule is COCCN1CC[C@@H](CNC(=O)c2cnc(-c3cccc(C)c3)[nH]c2=O)C1. The predicted octanol–water partition coefficient (Wildman–Crippen LogP) is 1.44. The van der Waals surface area contributed by atoms with Crippen molar-refractivity contribution >= 4 is 5.91 Å². The molecule has 0 unspecified atom stereocenters. The summed E-state index contributed by atoms with van der Waals surface area (Å²) in [4.78, 5) is 34.0. The van der Waals surface area contributed by atoms with Crippen molar-refractivity contribution in [2.24, 2.45) is 5.92 Å². The molecule has 1 saturated heterocycles. The summed E-state index contributed by atoms with van der Waals surface area (Å²) in [6.07, 6.45) is 2.39. The first-order valence-corrected chi connectivity index (χ1v) is 9.22. The molecule has 1 fully saturated rings. The molecule has 1 aromatic carbocycles. The number of aryl methyl sites for hydroxylation is 1. The first kappa shape index (κ1) is 19.3. The largest absolute Gasteiger partial charge is 0.383 e. The van der Waals surface area contributed by atoms with Crippen LogP contribution in [0.4, 0.5) is 0 Å². The molecular weight excluding hydrogens is 344 g/mol. The van der Waals surface area contributed by atoms with E-state index in [9.17, 15) is 9.59 Å². The molecule has 7 heteroatoms. The highest BCUT2D eigenvalue weighted by atomic mass is 16.5. The average molecular weight is 370 g/mol. The van der Waals surface area contributed by atoms with E-state index < -0.39 is 5.56 Å². The van der Waals surface area contributed by atoms with Gasteiger partial charge in [0, 0.05) is 38.5 Å². The van der Waals surface area contributed by atoms with E-state index in [0.717, 1.165) is 37.2 Å². The van der Waals surface area contributed by atoms with Crippen LogP contribution in [0.3, 0.4) is 0 Å². The minimum absolute atomic E-state index is 0.0423. The number of carbonyl (C=O) groups excluding carboxylic acids is 1. The zero-order valence-electron chi connectivity index (χ0n) is 15.8. The van der Waals surface area contributed by atoms with Crippen LogP contribution in [0.2, 0.25) is 0 Å². The van der Waals surface area contributed by atoms with Gasteiger partial charge in [-0.3, -0.25) is 9.59 Å². The molecular formula is C20H26N4O3. The molecule has 0 aliphatic carbocycles. The van der Waals surface area contributed by atoms with Gasteiger partial charge in [0.05, 0.1) is 6.61 Å². The fourth-order valence-corrected chi connectivity index (χ4v) is 3.33. The zero-order chi connectivity index (χ0) is 19.2. The minimum atomic E-state index is -0.424. The van der Waals surface area contributed by atoms with Gasteiger partial charge in [0.25, 0.3) is 11.5 Å². The maximum absolute atomic E-state index is 12.4. The van der Waals surface area contributed by atoms with E-state index in [1.807, 2.05) is 31.2 Å². The number of rotatable bonds is 7. The van der Waals surface area contributed by atoms with Gasteiger partial charge in [0.1, 0.15) is 11.4 Å². The maximum atomic E-state index is 12.4. The first-order chi connectivity index (χ1) is 13.1. The highest BCUT2D eigenvalue weighted by molar-refractivity contribution is 5.93. The third-order valence-corrected chi connectivity index (χ3v) is 4.87. The van der Waals surface area contributed by atoms with E-state index in [1.54, 1.807) is 7.11 Å². The molecule has 1 aromatic heterocycles. The van der Waals surface area contributed by atoms with Crippen molar-refractivity contribution in [3.63, 3.8) is 0 Å². The van der Waals surface area contributed by atoms with Crippen LogP contribution in [0.5, 0.6) is 0 Å². The van der Waals surface area contributed by atoms with Crippen molar-refractivity contribution in [2.75, 3.05) is 39.9 Å². The van der Waals surface area contributed by atoms with Crippen LogP contribution in [-0.4, -0.2) is 60.7 Å². The lowest BCUT2D eigenvalue weighted by atomic mass is 10.1. The normalized spacial score (nSPS) is 17.2. The molecule has 0 saturated carbocycles. The highest BCUT2D eigenvalue weighted by Gasteiger charge is 2.23. The van der Waals surface area contributed by atoms with Crippen molar-refractivity contribution in [3.8, 4) is 11.4 Å². The second-order valence-electron chi connectivity index (χ2n) is 7.00. The maximum Gasteiger partial charge on any atom is 0.264 e. The highest BCUT2D eigenvalue weighted by Crippen LogP contribution is 2.16. The van der Waals surface area contributed by atoms with Crippen LogP contribution in [0.25, 0.3) is 11.4 Å². The number of hydrogen-bond acceptors (Lipinski definition) is 5. The number of benzene rings is 1. The number of H-pyrrole nitrogens is 1. The fourth-order valence-electron chi connectivity index (χ4n) is 3.33. The van der Waals surface area contributed by atoms with Gasteiger partial charge < -0.3 is 19.9 Å². The lowest BCUT2D eigenvalue weighted by Crippen LogP contribution is -2.34. The summed E-state index contributed by atoms with van der Waals surface area (Å²) >= 11 is 0. The van der Waals surface area contributed by atoms with E-state index in [0.29, 0.717) is 24.9 Å². The Morgan fingerprint density at radius 2 is 2.30 bits per heavy atom. The van der Waals surface area contributed by atoms with E-state index in [-0.39, 0.29) is 11.5 Å². The number of aromatic nitrogens is 2. The first-order valence-electron chi connectivity index (χ1n) is 9.22. The van der Waals surface area contributed by atoms with Crippen molar-refractivity contribution in [1.82, 2.24) is 20.2 Å². The smallest absolute Gasteiger partial charge is 0.264 e. The van der Waals surface area contributed by atoms with E-state index in [1.165, 1.54) is 6.20 Å². The van der Waals surface area contributed by atoms with Gasteiger partial charge in [-0.15, -0.1) is 0 Å². The Bertz CT molecular complexity index is 849. The van der Waals surface area contributed by atoms with Gasteiger partial charge >= 0.3 is 0 Å². The predicted molar refractivity (Wildman–Crippen MR) is 104 cm³/mol. The number of carbonyl (C=O) groups is 1. The Labute approximate surface area is 158 Å². The minimum Gasteiger partial charge on any atom is -0.383 e. The molecule has 27 heavy (non-hydrogen) atoms. The molecule has 144 valence electrons. The molecule has 2 heterocycles. The van der Waals surface area contributed by atoms with Crippen LogP contribution in [-0.2, 0) is 4.74 Å². The standard InChI is InChI=1S/C20H26N4O3/c1-14-4-3-5-16(10-14)18-21-12-17(20(26)23-18)19(25)22-11-15-6-7-24(13-15)8-9-27-2/h3-5,10,12,15H,6-9,11,13H2,1-2H3,(H,22,25)(H,21,23,26)/t15-/m0/s1. The van der Waals surface area contributed by atoms with Gasteiger partial charge in [-0.25, -0.2) is 4.98 Å². The third kappa shape index (κ3) is 5.02. The van der Waals surface area contributed by atoms with Crippen molar-refractivity contribution < 1.29 is 9.53 Å². The third-order valence-electron chi connectivity index (χ3n) is 4.87. The lowest BCUT2D eigenvalue weighted by molar-refractivity contribution is 0.0945. The molecule has 2 aromatic rings. The number of likely N-dealkylation sites (tertiary alicyclic amines) is 1. The monoisotopic (exact) mass is 370 g/mol. The lowest BCUT2D eigenvalue weighted by Gasteiger charge is -2.15. The quantitative estimate of drug-likeness (QED) is 0.770. The number of methoxy groups -OCH3 is 1. The number of nitrogens with zero attached hydrogens (tertiary/aromatic N) is 2. The van der Waals surface area contributed by atoms with Crippen molar-refractivity contribution in [2.45, 2.75) is 13.3 Å². The van der Waals surface area contributed by atoms with Gasteiger partial charge in [0.2, 0.25) is 0 Å². The van der Waals surface area contributed by atoms with Crippen molar-refractivity contribution in [3.05, 3.63) is 51.9 Å². The van der Waals surface area contributed by atoms with Gasteiger partial charge in [-0.05, 0) is 31.9 Å². The second kappa shape index (κ2) is 8.92. The Hall–Kier alpha value is -2.51. The van der Waals surface area contributed by atoms with Crippen LogP contribution in [0, 0.1) is 12.8 Å². The molecule has 0 spiro atoms. The summed E-state index contributed by atoms with van der Waals surface area (Å²) in [7, 11) is 1.70. The second-order valence-corrected chi connectivity index (χ2v) is 7.00. The molecule has 0 bridgehead atoms. The van der Waals surface area contributed by atoms with Crippen LogP contribution >= 0.6 is 0 Å². The van der Waals surface area contributed by atoms with Crippen LogP contribution in [0.1, 0.15) is 22.3 Å². The van der Waals surface area contributed by atoms with Crippen LogP contribution in [0.15, 0.2) is 35.3 Å². The Morgan fingerprint density at radius 3 is 3.04 bits per heavy atom.